The Morgan fingerprint density at radius 1 is 0.958 bits per heavy atom. The maximum atomic E-state index is 13.2. The topological polar surface area (TPSA) is 39.7 Å². The second-order valence-corrected chi connectivity index (χ2v) is 5.96. The van der Waals surface area contributed by atoms with E-state index in [1.807, 2.05) is 6.07 Å². The summed E-state index contributed by atoms with van der Waals surface area (Å²) < 4.78 is 13.2. The molecule has 4 nitrogen and oxygen atoms in total. The number of halogens is 1. The molecule has 2 aromatic rings. The molecule has 0 fully saturated rings. The van der Waals surface area contributed by atoms with E-state index < -0.39 is 0 Å². The fraction of sp³-hybridized carbons (Fsp3) is 0.316. The van der Waals surface area contributed by atoms with Gasteiger partial charge in [-0.1, -0.05) is 36.4 Å². The van der Waals surface area contributed by atoms with Crippen molar-refractivity contribution in [1.29, 1.82) is 0 Å². The van der Waals surface area contributed by atoms with Gasteiger partial charge in [-0.15, -0.1) is 0 Å². The number of rotatable bonds is 6. The van der Waals surface area contributed by atoms with Crippen molar-refractivity contribution in [2.75, 3.05) is 21.1 Å². The molecule has 2 N–H and O–H groups in total. The van der Waals surface area contributed by atoms with Crippen LogP contribution in [-0.2, 0) is 19.6 Å². The van der Waals surface area contributed by atoms with Crippen molar-refractivity contribution in [2.45, 2.75) is 19.6 Å². The Bertz CT molecular complexity index is 665. The maximum Gasteiger partial charge on any atom is 0.191 e. The van der Waals surface area contributed by atoms with Crippen molar-refractivity contribution < 1.29 is 4.39 Å². The molecule has 0 aliphatic heterocycles. The lowest BCUT2D eigenvalue weighted by molar-refractivity contribution is 0.402. The van der Waals surface area contributed by atoms with Crippen LogP contribution in [-0.4, -0.2) is 32.0 Å². The zero-order valence-electron chi connectivity index (χ0n) is 14.5. The van der Waals surface area contributed by atoms with E-state index in [1.165, 1.54) is 23.3 Å². The Morgan fingerprint density at radius 2 is 1.58 bits per heavy atom. The lowest BCUT2D eigenvalue weighted by Gasteiger charge is -2.13. The maximum absolute atomic E-state index is 13.2. The molecular formula is C19H25FN4. The van der Waals surface area contributed by atoms with Crippen molar-refractivity contribution in [3.8, 4) is 0 Å². The van der Waals surface area contributed by atoms with Gasteiger partial charge in [0.25, 0.3) is 0 Å². The molecule has 24 heavy (non-hydrogen) atoms. The van der Waals surface area contributed by atoms with E-state index >= 15 is 0 Å². The van der Waals surface area contributed by atoms with Crippen LogP contribution in [0.4, 0.5) is 4.39 Å². The normalized spacial score (nSPS) is 11.6. The molecule has 0 heterocycles. The molecule has 0 amide bonds. The second-order valence-electron chi connectivity index (χ2n) is 5.96. The molecule has 0 aliphatic rings. The van der Waals surface area contributed by atoms with Crippen molar-refractivity contribution in [2.24, 2.45) is 4.99 Å². The SMILES string of the molecule is CN=C(NCc1ccc(CN(C)C)cc1)NCc1cccc(F)c1. The van der Waals surface area contributed by atoms with Gasteiger partial charge in [-0.05, 0) is 42.9 Å². The third-order valence-electron chi connectivity index (χ3n) is 3.55. The average Bonchev–Trinajstić information content (AvgIpc) is 2.56. The van der Waals surface area contributed by atoms with Crippen LogP contribution < -0.4 is 10.6 Å². The van der Waals surface area contributed by atoms with Crippen molar-refractivity contribution >= 4 is 5.96 Å². The van der Waals surface area contributed by atoms with Crippen LogP contribution in [0.5, 0.6) is 0 Å². The second kappa shape index (κ2) is 9.03. The summed E-state index contributed by atoms with van der Waals surface area (Å²) in [6.45, 7) is 2.15. The van der Waals surface area contributed by atoms with Gasteiger partial charge in [0.05, 0.1) is 0 Å². The number of nitrogens with one attached hydrogen (secondary N) is 2. The highest BCUT2D eigenvalue weighted by molar-refractivity contribution is 5.79. The van der Waals surface area contributed by atoms with Crippen LogP contribution in [0, 0.1) is 5.82 Å². The van der Waals surface area contributed by atoms with Gasteiger partial charge in [-0.25, -0.2) is 4.39 Å². The molecule has 0 bridgehead atoms. The number of aliphatic imine (C=N–C) groups is 1. The summed E-state index contributed by atoms with van der Waals surface area (Å²) in [4.78, 5) is 6.34. The fourth-order valence-corrected chi connectivity index (χ4v) is 2.37. The highest BCUT2D eigenvalue weighted by atomic mass is 19.1. The van der Waals surface area contributed by atoms with Gasteiger partial charge in [0.1, 0.15) is 5.82 Å². The summed E-state index contributed by atoms with van der Waals surface area (Å²) in [6, 6.07) is 15.1. The van der Waals surface area contributed by atoms with Crippen LogP contribution in [0.25, 0.3) is 0 Å². The first-order valence-electron chi connectivity index (χ1n) is 7.98. The van der Waals surface area contributed by atoms with Gasteiger partial charge in [0.2, 0.25) is 0 Å². The predicted molar refractivity (Wildman–Crippen MR) is 97.3 cm³/mol. The highest BCUT2D eigenvalue weighted by Crippen LogP contribution is 2.06. The van der Waals surface area contributed by atoms with Gasteiger partial charge >= 0.3 is 0 Å². The third-order valence-corrected chi connectivity index (χ3v) is 3.55. The monoisotopic (exact) mass is 328 g/mol. The Labute approximate surface area is 143 Å². The van der Waals surface area contributed by atoms with E-state index in [-0.39, 0.29) is 5.82 Å². The van der Waals surface area contributed by atoms with Crippen molar-refractivity contribution in [1.82, 2.24) is 15.5 Å². The lowest BCUT2D eigenvalue weighted by Crippen LogP contribution is -2.36. The number of guanidine groups is 1. The Morgan fingerprint density at radius 3 is 2.17 bits per heavy atom. The fourth-order valence-electron chi connectivity index (χ4n) is 2.37. The molecule has 128 valence electrons. The van der Waals surface area contributed by atoms with Gasteiger partial charge in [-0.2, -0.15) is 0 Å². The lowest BCUT2D eigenvalue weighted by atomic mass is 10.1. The summed E-state index contributed by atoms with van der Waals surface area (Å²) in [7, 11) is 5.84. The van der Waals surface area contributed by atoms with Crippen LogP contribution >= 0.6 is 0 Å². The van der Waals surface area contributed by atoms with E-state index in [0.717, 1.165) is 12.1 Å². The van der Waals surface area contributed by atoms with E-state index in [4.69, 9.17) is 0 Å². The quantitative estimate of drug-likeness (QED) is 0.633. The number of nitrogens with zero attached hydrogens (tertiary/aromatic N) is 2. The first kappa shape index (κ1) is 17.9. The molecule has 2 aromatic carbocycles. The Balaban J connectivity index is 1.83. The van der Waals surface area contributed by atoms with E-state index in [2.05, 4.69) is 58.9 Å². The van der Waals surface area contributed by atoms with E-state index in [0.29, 0.717) is 19.0 Å². The summed E-state index contributed by atoms with van der Waals surface area (Å²) >= 11 is 0. The van der Waals surface area contributed by atoms with Gasteiger partial charge in [0, 0.05) is 26.7 Å². The molecule has 0 radical (unpaired) electrons. The molecule has 0 aliphatic carbocycles. The minimum absolute atomic E-state index is 0.227. The summed E-state index contributed by atoms with van der Waals surface area (Å²) in [5.74, 6) is 0.465. The predicted octanol–water partition coefficient (Wildman–Crippen LogP) is 2.75. The number of hydrogen-bond donors (Lipinski definition) is 2. The molecule has 0 spiro atoms. The van der Waals surface area contributed by atoms with Crippen molar-refractivity contribution in [3.05, 3.63) is 71.0 Å². The zero-order valence-corrected chi connectivity index (χ0v) is 14.5. The van der Waals surface area contributed by atoms with E-state index in [9.17, 15) is 4.39 Å². The Kier molecular flexibility index (Phi) is 6.75. The molecule has 0 saturated carbocycles. The van der Waals surface area contributed by atoms with Gasteiger partial charge < -0.3 is 15.5 Å². The summed E-state index contributed by atoms with van der Waals surface area (Å²) in [6.07, 6.45) is 0. The molecule has 0 saturated heterocycles. The minimum Gasteiger partial charge on any atom is -0.352 e. The number of hydrogen-bond acceptors (Lipinski definition) is 2. The average molecular weight is 328 g/mol. The van der Waals surface area contributed by atoms with E-state index in [1.54, 1.807) is 13.1 Å². The van der Waals surface area contributed by atoms with Crippen molar-refractivity contribution in [3.63, 3.8) is 0 Å². The highest BCUT2D eigenvalue weighted by Gasteiger charge is 2.01. The van der Waals surface area contributed by atoms with Crippen LogP contribution in [0.3, 0.4) is 0 Å². The third kappa shape index (κ3) is 6.01. The smallest absolute Gasteiger partial charge is 0.191 e. The number of benzene rings is 2. The first-order valence-corrected chi connectivity index (χ1v) is 7.98. The molecule has 2 rings (SSSR count). The zero-order chi connectivity index (χ0) is 17.4. The molecule has 0 aromatic heterocycles. The molecule has 5 heteroatoms. The molecule has 0 unspecified atom stereocenters. The Hall–Kier alpha value is -2.40. The van der Waals surface area contributed by atoms with Crippen LogP contribution in [0.2, 0.25) is 0 Å². The summed E-state index contributed by atoms with van der Waals surface area (Å²) in [5.41, 5.74) is 3.36. The van der Waals surface area contributed by atoms with Crippen LogP contribution in [0.1, 0.15) is 16.7 Å². The molecular weight excluding hydrogens is 303 g/mol. The summed E-state index contributed by atoms with van der Waals surface area (Å²) in [5, 5.41) is 6.45. The standard InChI is InChI=1S/C19H25FN4/c1-21-19(23-13-17-5-4-6-18(20)11-17)22-12-15-7-9-16(10-8-15)14-24(2)3/h4-11H,12-14H2,1-3H3,(H2,21,22,23). The van der Waals surface area contributed by atoms with Gasteiger partial charge in [-0.3, -0.25) is 4.99 Å². The minimum atomic E-state index is -0.227. The van der Waals surface area contributed by atoms with Gasteiger partial charge in [0.15, 0.2) is 5.96 Å². The molecule has 0 atom stereocenters. The largest absolute Gasteiger partial charge is 0.352 e. The van der Waals surface area contributed by atoms with Crippen LogP contribution in [0.15, 0.2) is 53.5 Å². The first-order chi connectivity index (χ1) is 11.6.